The number of carboxylic acids is 1. The Morgan fingerprint density at radius 1 is 1.17 bits per heavy atom. The fraction of sp³-hybridized carbons (Fsp3) is 0.176. The van der Waals surface area contributed by atoms with E-state index in [1.54, 1.807) is 18.2 Å². The molecule has 2 aromatic rings. The molecule has 2 rings (SSSR count). The van der Waals surface area contributed by atoms with E-state index in [4.69, 9.17) is 9.84 Å². The number of carboxylic acid groups (broad SMARTS) is 1. The first kappa shape index (κ1) is 17.1. The lowest BCUT2D eigenvalue weighted by molar-refractivity contribution is -0.384. The van der Waals surface area contributed by atoms with Crippen molar-refractivity contribution in [3.63, 3.8) is 0 Å². The molecule has 0 fully saturated rings. The SMILES string of the molecule is CC(=O)c1ccc(OCc2ccc([N+](=O)[O-])cc2)cc1CC(=O)O. The average Bonchev–Trinajstić information content (AvgIpc) is 2.52. The fourth-order valence-electron chi connectivity index (χ4n) is 2.19. The second-order valence-electron chi connectivity index (χ2n) is 5.16. The predicted octanol–water partition coefficient (Wildman–Crippen LogP) is 3.00. The number of carbonyl (C=O) groups excluding carboxylic acids is 1. The van der Waals surface area contributed by atoms with Gasteiger partial charge in [0.1, 0.15) is 12.4 Å². The number of nitrogens with zero attached hydrogens (tertiary/aromatic N) is 1. The molecule has 0 bridgehead atoms. The molecule has 7 heteroatoms. The molecule has 2 aromatic carbocycles. The van der Waals surface area contributed by atoms with Crippen LogP contribution in [0.1, 0.15) is 28.4 Å². The third-order valence-electron chi connectivity index (χ3n) is 3.35. The number of ether oxygens (including phenoxy) is 1. The Labute approximate surface area is 137 Å². The molecule has 0 spiro atoms. The summed E-state index contributed by atoms with van der Waals surface area (Å²) in [5.74, 6) is -0.826. The molecule has 124 valence electrons. The van der Waals surface area contributed by atoms with Crippen LogP contribution in [0.25, 0.3) is 0 Å². The lowest BCUT2D eigenvalue weighted by Gasteiger charge is -2.10. The topological polar surface area (TPSA) is 107 Å². The summed E-state index contributed by atoms with van der Waals surface area (Å²) in [6.45, 7) is 1.54. The van der Waals surface area contributed by atoms with Gasteiger partial charge in [-0.1, -0.05) is 0 Å². The molecule has 0 saturated heterocycles. The molecule has 0 aliphatic rings. The van der Waals surface area contributed by atoms with Gasteiger partial charge in [-0.3, -0.25) is 19.7 Å². The summed E-state index contributed by atoms with van der Waals surface area (Å²) in [4.78, 5) is 32.6. The van der Waals surface area contributed by atoms with Crippen LogP contribution in [0.15, 0.2) is 42.5 Å². The maximum atomic E-state index is 11.5. The van der Waals surface area contributed by atoms with E-state index in [1.165, 1.54) is 31.2 Å². The Bertz CT molecular complexity index is 782. The number of nitro benzene ring substituents is 1. The third-order valence-corrected chi connectivity index (χ3v) is 3.35. The minimum absolute atomic E-state index is 0.00620. The summed E-state index contributed by atoms with van der Waals surface area (Å²) >= 11 is 0. The van der Waals surface area contributed by atoms with Crippen LogP contribution in [0.4, 0.5) is 5.69 Å². The van der Waals surface area contributed by atoms with Crippen molar-refractivity contribution in [1.82, 2.24) is 0 Å². The molecule has 0 heterocycles. The van der Waals surface area contributed by atoms with Crippen LogP contribution in [-0.4, -0.2) is 21.8 Å². The summed E-state index contributed by atoms with van der Waals surface area (Å²) in [7, 11) is 0. The minimum atomic E-state index is -1.04. The van der Waals surface area contributed by atoms with Crippen molar-refractivity contribution < 1.29 is 24.4 Å². The lowest BCUT2D eigenvalue weighted by Crippen LogP contribution is -2.07. The first-order chi connectivity index (χ1) is 11.4. The molecular formula is C17H15NO6. The second-order valence-corrected chi connectivity index (χ2v) is 5.16. The van der Waals surface area contributed by atoms with Gasteiger partial charge in [-0.25, -0.2) is 0 Å². The number of carbonyl (C=O) groups is 2. The van der Waals surface area contributed by atoms with E-state index in [1.807, 2.05) is 0 Å². The number of benzene rings is 2. The van der Waals surface area contributed by atoms with E-state index in [0.717, 1.165) is 5.56 Å². The number of aliphatic carboxylic acids is 1. The molecule has 0 aliphatic carbocycles. The Hall–Kier alpha value is -3.22. The minimum Gasteiger partial charge on any atom is -0.489 e. The first-order valence-corrected chi connectivity index (χ1v) is 7.08. The number of hydrogen-bond donors (Lipinski definition) is 1. The summed E-state index contributed by atoms with van der Waals surface area (Å²) in [6, 6.07) is 10.6. The van der Waals surface area contributed by atoms with Gasteiger partial charge < -0.3 is 9.84 Å². The molecule has 0 unspecified atom stereocenters. The molecule has 0 amide bonds. The predicted molar refractivity (Wildman–Crippen MR) is 85.2 cm³/mol. The van der Waals surface area contributed by atoms with Crippen LogP contribution in [0.3, 0.4) is 0 Å². The standard InChI is InChI=1S/C17H15NO6/c1-11(19)16-7-6-15(8-13(16)9-17(20)21)24-10-12-2-4-14(5-3-12)18(22)23/h2-8H,9-10H2,1H3,(H,20,21). The molecule has 0 radical (unpaired) electrons. The zero-order valence-electron chi connectivity index (χ0n) is 12.9. The third kappa shape index (κ3) is 4.39. The van der Waals surface area contributed by atoms with Gasteiger partial charge in [0.15, 0.2) is 5.78 Å². The van der Waals surface area contributed by atoms with E-state index in [2.05, 4.69) is 0 Å². The van der Waals surface area contributed by atoms with Gasteiger partial charge >= 0.3 is 5.97 Å². The molecule has 0 saturated carbocycles. The normalized spacial score (nSPS) is 10.2. The smallest absolute Gasteiger partial charge is 0.307 e. The van der Waals surface area contributed by atoms with E-state index >= 15 is 0 Å². The summed E-state index contributed by atoms with van der Waals surface area (Å²) < 4.78 is 5.58. The van der Waals surface area contributed by atoms with Crippen molar-refractivity contribution in [2.75, 3.05) is 0 Å². The van der Waals surface area contributed by atoms with E-state index in [9.17, 15) is 19.7 Å². The Balaban J connectivity index is 2.13. The van der Waals surface area contributed by atoms with Crippen molar-refractivity contribution in [2.45, 2.75) is 20.0 Å². The van der Waals surface area contributed by atoms with Crippen LogP contribution < -0.4 is 4.74 Å². The van der Waals surface area contributed by atoms with Gasteiger partial charge in [0, 0.05) is 17.7 Å². The monoisotopic (exact) mass is 329 g/mol. The molecule has 0 aromatic heterocycles. The maximum absolute atomic E-state index is 11.5. The van der Waals surface area contributed by atoms with Crippen molar-refractivity contribution in [3.05, 3.63) is 69.3 Å². The quantitative estimate of drug-likeness (QED) is 0.475. The number of rotatable bonds is 7. The Morgan fingerprint density at radius 3 is 2.38 bits per heavy atom. The van der Waals surface area contributed by atoms with Crippen LogP contribution in [0.5, 0.6) is 5.75 Å². The molecular weight excluding hydrogens is 314 g/mol. The Morgan fingerprint density at radius 2 is 1.83 bits per heavy atom. The molecule has 24 heavy (non-hydrogen) atoms. The number of Topliss-reactive ketones (excluding diaryl/α,β-unsaturated/α-hetero) is 1. The van der Waals surface area contributed by atoms with Gasteiger partial charge in [0.05, 0.1) is 11.3 Å². The van der Waals surface area contributed by atoms with Gasteiger partial charge in [0.25, 0.3) is 5.69 Å². The van der Waals surface area contributed by atoms with Crippen LogP contribution in [-0.2, 0) is 17.8 Å². The van der Waals surface area contributed by atoms with E-state index in [0.29, 0.717) is 16.9 Å². The van der Waals surface area contributed by atoms with Gasteiger partial charge in [-0.2, -0.15) is 0 Å². The number of ketones is 1. The maximum Gasteiger partial charge on any atom is 0.307 e. The summed E-state index contributed by atoms with van der Waals surface area (Å²) in [5, 5.41) is 19.5. The highest BCUT2D eigenvalue weighted by molar-refractivity contribution is 5.96. The van der Waals surface area contributed by atoms with Gasteiger partial charge in [-0.15, -0.1) is 0 Å². The highest BCUT2D eigenvalue weighted by atomic mass is 16.6. The van der Waals surface area contributed by atoms with E-state index in [-0.39, 0.29) is 24.5 Å². The van der Waals surface area contributed by atoms with Crippen molar-refractivity contribution in [1.29, 1.82) is 0 Å². The highest BCUT2D eigenvalue weighted by Gasteiger charge is 2.12. The zero-order valence-corrected chi connectivity index (χ0v) is 12.9. The van der Waals surface area contributed by atoms with Crippen molar-refractivity contribution in [3.8, 4) is 5.75 Å². The lowest BCUT2D eigenvalue weighted by atomic mass is 10.0. The fourth-order valence-corrected chi connectivity index (χ4v) is 2.19. The molecule has 0 atom stereocenters. The van der Waals surface area contributed by atoms with Crippen molar-refractivity contribution >= 4 is 17.4 Å². The molecule has 7 nitrogen and oxygen atoms in total. The van der Waals surface area contributed by atoms with Crippen molar-refractivity contribution in [2.24, 2.45) is 0 Å². The molecule has 0 aliphatic heterocycles. The Kier molecular flexibility index (Phi) is 5.26. The zero-order chi connectivity index (χ0) is 17.7. The van der Waals surface area contributed by atoms with Crippen LogP contribution in [0.2, 0.25) is 0 Å². The van der Waals surface area contributed by atoms with Crippen LogP contribution >= 0.6 is 0 Å². The number of non-ortho nitro benzene ring substituents is 1. The number of nitro groups is 1. The highest BCUT2D eigenvalue weighted by Crippen LogP contribution is 2.21. The second kappa shape index (κ2) is 7.36. The molecule has 1 N–H and O–H groups in total. The summed E-state index contributed by atoms with van der Waals surface area (Å²) in [5.41, 5.74) is 1.46. The first-order valence-electron chi connectivity index (χ1n) is 7.08. The average molecular weight is 329 g/mol. The van der Waals surface area contributed by atoms with Gasteiger partial charge in [-0.05, 0) is 48.4 Å². The van der Waals surface area contributed by atoms with E-state index < -0.39 is 10.9 Å². The van der Waals surface area contributed by atoms with Gasteiger partial charge in [0.2, 0.25) is 0 Å². The largest absolute Gasteiger partial charge is 0.489 e. The number of hydrogen-bond acceptors (Lipinski definition) is 5. The summed E-state index contributed by atoms with van der Waals surface area (Å²) in [6.07, 6.45) is -0.274. The van der Waals surface area contributed by atoms with Crippen LogP contribution in [0, 0.1) is 10.1 Å².